The predicted octanol–water partition coefficient (Wildman–Crippen LogP) is 4.94. The van der Waals surface area contributed by atoms with Crippen LogP contribution in [0.3, 0.4) is 0 Å². The van der Waals surface area contributed by atoms with Crippen LogP contribution < -0.4 is 4.74 Å². The number of halogens is 4. The highest BCUT2D eigenvalue weighted by Gasteiger charge is 2.33. The van der Waals surface area contributed by atoms with Crippen LogP contribution in [0.1, 0.15) is 11.1 Å². The van der Waals surface area contributed by atoms with Crippen molar-refractivity contribution in [3.8, 4) is 5.75 Å². The first-order chi connectivity index (χ1) is 8.97. The number of rotatable bonds is 3. The minimum atomic E-state index is -4.46. The van der Waals surface area contributed by atoms with Crippen molar-refractivity contribution >= 4 is 11.6 Å². The van der Waals surface area contributed by atoms with E-state index in [1.165, 1.54) is 12.1 Å². The fraction of sp³-hybridized carbons (Fsp3) is 0.143. The van der Waals surface area contributed by atoms with Crippen molar-refractivity contribution in [1.29, 1.82) is 0 Å². The lowest BCUT2D eigenvalue weighted by atomic mass is 10.1. The molecule has 0 amide bonds. The number of alkyl halides is 3. The van der Waals surface area contributed by atoms with E-state index in [2.05, 4.69) is 0 Å². The summed E-state index contributed by atoms with van der Waals surface area (Å²) in [5.74, 6) is 0.603. The molecule has 2 rings (SSSR count). The van der Waals surface area contributed by atoms with Crippen molar-refractivity contribution in [2.45, 2.75) is 12.8 Å². The first-order valence-corrected chi connectivity index (χ1v) is 5.88. The van der Waals surface area contributed by atoms with Gasteiger partial charge in [0, 0.05) is 0 Å². The lowest BCUT2D eigenvalue weighted by Crippen LogP contribution is -2.07. The van der Waals surface area contributed by atoms with Gasteiger partial charge in [-0.05, 0) is 29.8 Å². The molecular formula is C14H10ClF3O. The van der Waals surface area contributed by atoms with E-state index in [9.17, 15) is 13.2 Å². The number of para-hydroxylation sites is 1. The molecule has 0 atom stereocenters. The first kappa shape index (κ1) is 13.7. The van der Waals surface area contributed by atoms with Crippen LogP contribution in [0.5, 0.6) is 5.75 Å². The molecule has 0 aliphatic rings. The van der Waals surface area contributed by atoms with Gasteiger partial charge in [0.05, 0.1) is 10.6 Å². The third kappa shape index (κ3) is 3.64. The van der Waals surface area contributed by atoms with E-state index in [0.29, 0.717) is 11.3 Å². The molecule has 0 heterocycles. The Bertz CT molecular complexity index is 552. The molecule has 100 valence electrons. The molecule has 0 saturated heterocycles. The SMILES string of the molecule is FC(F)(F)c1cc(COc2ccccc2)ccc1Cl. The van der Waals surface area contributed by atoms with E-state index in [0.717, 1.165) is 6.07 Å². The zero-order valence-corrected chi connectivity index (χ0v) is 10.5. The quantitative estimate of drug-likeness (QED) is 0.777. The molecule has 0 radical (unpaired) electrons. The standard InChI is InChI=1S/C14H10ClF3O/c15-13-7-6-10(8-12(13)14(16,17)18)9-19-11-4-2-1-3-5-11/h1-8H,9H2. The van der Waals surface area contributed by atoms with Gasteiger partial charge in [-0.25, -0.2) is 0 Å². The lowest BCUT2D eigenvalue weighted by Gasteiger charge is -2.11. The van der Waals surface area contributed by atoms with Gasteiger partial charge in [0.15, 0.2) is 0 Å². The monoisotopic (exact) mass is 286 g/mol. The van der Waals surface area contributed by atoms with Crippen LogP contribution in [0.2, 0.25) is 5.02 Å². The topological polar surface area (TPSA) is 9.23 Å². The van der Waals surface area contributed by atoms with Crippen molar-refractivity contribution in [3.05, 3.63) is 64.7 Å². The number of hydrogen-bond acceptors (Lipinski definition) is 1. The summed E-state index contributed by atoms with van der Waals surface area (Å²) in [5.41, 5.74) is -0.427. The van der Waals surface area contributed by atoms with Gasteiger partial charge in [0.1, 0.15) is 12.4 Å². The van der Waals surface area contributed by atoms with Crippen molar-refractivity contribution in [2.24, 2.45) is 0 Å². The largest absolute Gasteiger partial charge is 0.489 e. The van der Waals surface area contributed by atoms with Crippen molar-refractivity contribution in [1.82, 2.24) is 0 Å². The first-order valence-electron chi connectivity index (χ1n) is 5.50. The lowest BCUT2D eigenvalue weighted by molar-refractivity contribution is -0.137. The molecule has 2 aromatic rings. The maximum Gasteiger partial charge on any atom is 0.417 e. The minimum Gasteiger partial charge on any atom is -0.489 e. The highest BCUT2D eigenvalue weighted by atomic mass is 35.5. The predicted molar refractivity (Wildman–Crippen MR) is 67.2 cm³/mol. The van der Waals surface area contributed by atoms with Crippen LogP contribution in [0.4, 0.5) is 13.2 Å². The Hall–Kier alpha value is -1.68. The van der Waals surface area contributed by atoms with Crippen molar-refractivity contribution in [2.75, 3.05) is 0 Å². The van der Waals surface area contributed by atoms with E-state index in [1.807, 2.05) is 6.07 Å². The van der Waals surface area contributed by atoms with E-state index < -0.39 is 11.7 Å². The van der Waals surface area contributed by atoms with Gasteiger partial charge in [0.25, 0.3) is 0 Å². The van der Waals surface area contributed by atoms with Crippen molar-refractivity contribution < 1.29 is 17.9 Å². The second-order valence-corrected chi connectivity index (χ2v) is 4.32. The third-order valence-corrected chi connectivity index (χ3v) is 2.81. The maximum atomic E-state index is 12.7. The molecule has 0 aliphatic carbocycles. The van der Waals surface area contributed by atoms with Crippen molar-refractivity contribution in [3.63, 3.8) is 0 Å². The fourth-order valence-electron chi connectivity index (χ4n) is 1.56. The van der Waals surface area contributed by atoms with Crippen LogP contribution in [-0.2, 0) is 12.8 Å². The number of benzene rings is 2. The van der Waals surface area contributed by atoms with E-state index >= 15 is 0 Å². The minimum absolute atomic E-state index is 0.0598. The smallest absolute Gasteiger partial charge is 0.417 e. The van der Waals surface area contributed by atoms with E-state index in [1.54, 1.807) is 24.3 Å². The van der Waals surface area contributed by atoms with Gasteiger partial charge in [0.2, 0.25) is 0 Å². The number of hydrogen-bond donors (Lipinski definition) is 0. The second kappa shape index (κ2) is 5.53. The molecule has 5 heteroatoms. The summed E-state index contributed by atoms with van der Waals surface area (Å²) in [4.78, 5) is 0. The molecule has 1 nitrogen and oxygen atoms in total. The molecule has 19 heavy (non-hydrogen) atoms. The van der Waals surface area contributed by atoms with Gasteiger partial charge in [-0.2, -0.15) is 13.2 Å². The zero-order chi connectivity index (χ0) is 13.9. The number of ether oxygens (including phenoxy) is 1. The summed E-state index contributed by atoms with van der Waals surface area (Å²) in [6.45, 7) is 0.0598. The van der Waals surface area contributed by atoms with E-state index in [4.69, 9.17) is 16.3 Å². The van der Waals surface area contributed by atoms with Crippen LogP contribution in [0, 0.1) is 0 Å². The van der Waals surface area contributed by atoms with Gasteiger partial charge >= 0.3 is 6.18 Å². The van der Waals surface area contributed by atoms with Gasteiger partial charge < -0.3 is 4.74 Å². The summed E-state index contributed by atoms with van der Waals surface area (Å²) < 4.78 is 43.4. The Morgan fingerprint density at radius 1 is 1.00 bits per heavy atom. The van der Waals surface area contributed by atoms with Gasteiger partial charge in [-0.3, -0.25) is 0 Å². The summed E-state index contributed by atoms with van der Waals surface area (Å²) in [5, 5.41) is -0.309. The van der Waals surface area contributed by atoms with Crippen LogP contribution in [-0.4, -0.2) is 0 Å². The molecule has 0 bridgehead atoms. The Morgan fingerprint density at radius 2 is 1.68 bits per heavy atom. The average molecular weight is 287 g/mol. The van der Waals surface area contributed by atoms with Crippen LogP contribution >= 0.6 is 11.6 Å². The molecule has 0 spiro atoms. The Labute approximate surface area is 113 Å². The van der Waals surface area contributed by atoms with Crippen LogP contribution in [0.15, 0.2) is 48.5 Å². The molecule has 0 fully saturated rings. The molecule has 0 saturated carbocycles. The molecule has 2 aromatic carbocycles. The molecular weight excluding hydrogens is 277 g/mol. The zero-order valence-electron chi connectivity index (χ0n) is 9.75. The molecule has 0 N–H and O–H groups in total. The Kier molecular flexibility index (Phi) is 4.00. The van der Waals surface area contributed by atoms with Gasteiger partial charge in [-0.15, -0.1) is 0 Å². The Morgan fingerprint density at radius 3 is 2.32 bits per heavy atom. The summed E-state index contributed by atoms with van der Waals surface area (Å²) in [6.07, 6.45) is -4.46. The highest BCUT2D eigenvalue weighted by molar-refractivity contribution is 6.31. The fourth-order valence-corrected chi connectivity index (χ4v) is 1.79. The highest BCUT2D eigenvalue weighted by Crippen LogP contribution is 2.35. The molecule has 0 aliphatic heterocycles. The average Bonchev–Trinajstić information content (AvgIpc) is 2.37. The molecule has 0 unspecified atom stereocenters. The second-order valence-electron chi connectivity index (χ2n) is 3.91. The Balaban J connectivity index is 2.14. The maximum absolute atomic E-state index is 12.7. The summed E-state index contributed by atoms with van der Waals surface area (Å²) >= 11 is 5.54. The third-order valence-electron chi connectivity index (χ3n) is 2.48. The van der Waals surface area contributed by atoms with E-state index in [-0.39, 0.29) is 11.6 Å². The molecule has 0 aromatic heterocycles. The van der Waals surface area contributed by atoms with Crippen LogP contribution in [0.25, 0.3) is 0 Å². The normalized spacial score (nSPS) is 11.4. The summed E-state index contributed by atoms with van der Waals surface area (Å²) in [6, 6.07) is 12.6. The summed E-state index contributed by atoms with van der Waals surface area (Å²) in [7, 11) is 0. The van der Waals surface area contributed by atoms with Gasteiger partial charge in [-0.1, -0.05) is 35.9 Å².